The number of carbonyl (C=O) groups is 3. The van der Waals surface area contributed by atoms with E-state index < -0.39 is 23.6 Å². The topological polar surface area (TPSA) is 90.5 Å². The highest BCUT2D eigenvalue weighted by molar-refractivity contribution is 6.39. The molecule has 4 amide bonds. The smallest absolute Gasteiger partial charge is 0.348 e. The van der Waals surface area contributed by atoms with E-state index in [9.17, 15) is 27.6 Å². The third kappa shape index (κ3) is 7.23. The lowest BCUT2D eigenvalue weighted by Gasteiger charge is -2.34. The monoisotopic (exact) mass is 428 g/mol. The number of anilines is 1. The molecule has 166 valence electrons. The van der Waals surface area contributed by atoms with Crippen molar-refractivity contribution in [2.45, 2.75) is 45.3 Å². The lowest BCUT2D eigenvalue weighted by Crippen LogP contribution is -2.51. The molecule has 0 aliphatic carbocycles. The molecule has 0 unspecified atom stereocenters. The predicted octanol–water partition coefficient (Wildman–Crippen LogP) is 2.98. The van der Waals surface area contributed by atoms with Crippen molar-refractivity contribution in [3.8, 4) is 0 Å². The van der Waals surface area contributed by atoms with Crippen LogP contribution in [-0.4, -0.2) is 47.9 Å². The number of halogens is 3. The Bertz CT molecular complexity index is 765. The quantitative estimate of drug-likeness (QED) is 0.647. The van der Waals surface area contributed by atoms with Gasteiger partial charge >= 0.3 is 24.0 Å². The standard InChI is InChI=1S/C20H27F3N4O3/c1-19(2,3)26-18(30)27-10-8-13(9-11-27)12-24-16(28)17(29)25-15-6-4-14(5-7-15)20(21,22)23/h4-7,13H,8-12H2,1-3H3,(H,24,28)(H,25,29)(H,26,30). The Morgan fingerprint density at radius 1 is 1.00 bits per heavy atom. The minimum Gasteiger partial charge on any atom is -0.348 e. The Morgan fingerprint density at radius 2 is 1.57 bits per heavy atom. The van der Waals surface area contributed by atoms with Gasteiger partial charge in [0.2, 0.25) is 0 Å². The largest absolute Gasteiger partial charge is 0.416 e. The van der Waals surface area contributed by atoms with E-state index in [0.717, 1.165) is 24.3 Å². The number of piperidine rings is 1. The van der Waals surface area contributed by atoms with E-state index in [2.05, 4.69) is 16.0 Å². The summed E-state index contributed by atoms with van der Waals surface area (Å²) in [5.74, 6) is -1.67. The lowest BCUT2D eigenvalue weighted by molar-refractivity contribution is -0.137. The van der Waals surface area contributed by atoms with Gasteiger partial charge in [-0.3, -0.25) is 9.59 Å². The summed E-state index contributed by atoms with van der Waals surface area (Å²) in [4.78, 5) is 37.8. The molecule has 1 saturated heterocycles. The fourth-order valence-corrected chi connectivity index (χ4v) is 2.99. The van der Waals surface area contributed by atoms with Crippen LogP contribution in [-0.2, 0) is 15.8 Å². The van der Waals surface area contributed by atoms with Gasteiger partial charge in [0.15, 0.2) is 0 Å². The molecule has 1 aliphatic heterocycles. The van der Waals surface area contributed by atoms with Gasteiger partial charge in [0.1, 0.15) is 0 Å². The Balaban J connectivity index is 1.74. The average molecular weight is 428 g/mol. The third-order valence-electron chi connectivity index (χ3n) is 4.61. The Kier molecular flexibility index (Phi) is 7.33. The van der Waals surface area contributed by atoms with Crippen LogP contribution in [0.5, 0.6) is 0 Å². The van der Waals surface area contributed by atoms with Gasteiger partial charge in [-0.15, -0.1) is 0 Å². The summed E-state index contributed by atoms with van der Waals surface area (Å²) in [7, 11) is 0. The predicted molar refractivity (Wildman–Crippen MR) is 106 cm³/mol. The molecule has 0 radical (unpaired) electrons. The van der Waals surface area contributed by atoms with Crippen LogP contribution in [0.1, 0.15) is 39.2 Å². The van der Waals surface area contributed by atoms with Gasteiger partial charge < -0.3 is 20.9 Å². The van der Waals surface area contributed by atoms with Crippen LogP contribution in [0.4, 0.5) is 23.7 Å². The van der Waals surface area contributed by atoms with E-state index in [1.165, 1.54) is 0 Å². The molecule has 1 aromatic rings. The van der Waals surface area contributed by atoms with Crippen LogP contribution < -0.4 is 16.0 Å². The minimum absolute atomic E-state index is 0.0984. The summed E-state index contributed by atoms with van der Waals surface area (Å²) in [6, 6.07) is 3.72. The number of hydrogen-bond acceptors (Lipinski definition) is 3. The zero-order valence-electron chi connectivity index (χ0n) is 17.2. The van der Waals surface area contributed by atoms with Crippen molar-refractivity contribution < 1.29 is 27.6 Å². The Morgan fingerprint density at radius 3 is 2.07 bits per heavy atom. The van der Waals surface area contributed by atoms with Crippen molar-refractivity contribution >= 4 is 23.5 Å². The maximum Gasteiger partial charge on any atom is 0.416 e. The van der Waals surface area contributed by atoms with E-state index in [1.807, 2.05) is 20.8 Å². The van der Waals surface area contributed by atoms with Crippen molar-refractivity contribution in [3.63, 3.8) is 0 Å². The molecule has 0 atom stereocenters. The molecular weight excluding hydrogens is 401 g/mol. The fraction of sp³-hybridized carbons (Fsp3) is 0.550. The van der Waals surface area contributed by atoms with Crippen LogP contribution in [0.15, 0.2) is 24.3 Å². The van der Waals surface area contributed by atoms with Crippen LogP contribution in [0, 0.1) is 5.92 Å². The van der Waals surface area contributed by atoms with Gasteiger partial charge in [-0.1, -0.05) is 0 Å². The first-order chi connectivity index (χ1) is 13.8. The van der Waals surface area contributed by atoms with Crippen molar-refractivity contribution in [2.24, 2.45) is 5.92 Å². The van der Waals surface area contributed by atoms with E-state index >= 15 is 0 Å². The Labute approximate surface area is 173 Å². The second kappa shape index (κ2) is 9.36. The summed E-state index contributed by atoms with van der Waals surface area (Å²) < 4.78 is 37.7. The van der Waals surface area contributed by atoms with Crippen LogP contribution in [0.2, 0.25) is 0 Å². The zero-order chi connectivity index (χ0) is 22.5. The first-order valence-corrected chi connectivity index (χ1v) is 9.69. The molecule has 0 bridgehead atoms. The second-order valence-electron chi connectivity index (χ2n) is 8.35. The minimum atomic E-state index is -4.47. The molecule has 2 rings (SSSR count). The van der Waals surface area contributed by atoms with Gasteiger partial charge in [0, 0.05) is 30.9 Å². The molecule has 0 spiro atoms. The van der Waals surface area contributed by atoms with Gasteiger partial charge in [0.25, 0.3) is 0 Å². The SMILES string of the molecule is CC(C)(C)NC(=O)N1CCC(CNC(=O)C(=O)Nc2ccc(C(F)(F)F)cc2)CC1. The van der Waals surface area contributed by atoms with Crippen molar-refractivity contribution in [1.82, 2.24) is 15.5 Å². The Hall–Kier alpha value is -2.78. The number of benzene rings is 1. The van der Waals surface area contributed by atoms with Gasteiger partial charge in [-0.05, 0) is 63.8 Å². The number of nitrogens with one attached hydrogen (secondary N) is 3. The number of nitrogens with zero attached hydrogens (tertiary/aromatic N) is 1. The molecule has 1 heterocycles. The molecule has 1 aromatic carbocycles. The third-order valence-corrected chi connectivity index (χ3v) is 4.61. The van der Waals surface area contributed by atoms with E-state index in [1.54, 1.807) is 4.90 Å². The number of rotatable bonds is 3. The summed E-state index contributed by atoms with van der Waals surface area (Å²) in [5.41, 5.74) is -1.06. The maximum atomic E-state index is 12.6. The summed E-state index contributed by atoms with van der Waals surface area (Å²) >= 11 is 0. The number of alkyl halides is 3. The van der Waals surface area contributed by atoms with Gasteiger partial charge in [0.05, 0.1) is 5.56 Å². The first kappa shape index (κ1) is 23.5. The molecule has 1 aliphatic rings. The number of amides is 4. The molecule has 10 heteroatoms. The van der Waals surface area contributed by atoms with E-state index in [4.69, 9.17) is 0 Å². The maximum absolute atomic E-state index is 12.6. The zero-order valence-corrected chi connectivity index (χ0v) is 17.2. The van der Waals surface area contributed by atoms with Gasteiger partial charge in [-0.25, -0.2) is 4.79 Å². The van der Waals surface area contributed by atoms with E-state index in [0.29, 0.717) is 25.9 Å². The molecule has 0 aromatic heterocycles. The molecule has 7 nitrogen and oxygen atoms in total. The van der Waals surface area contributed by atoms with E-state index in [-0.39, 0.29) is 29.7 Å². The summed E-state index contributed by atoms with van der Waals surface area (Å²) in [6.45, 7) is 7.11. The molecule has 3 N–H and O–H groups in total. The molecule has 0 saturated carbocycles. The highest BCUT2D eigenvalue weighted by atomic mass is 19.4. The van der Waals surface area contributed by atoms with Crippen molar-refractivity contribution in [2.75, 3.05) is 25.0 Å². The highest BCUT2D eigenvalue weighted by Crippen LogP contribution is 2.29. The van der Waals surface area contributed by atoms with Crippen LogP contribution in [0.3, 0.4) is 0 Å². The molecule has 30 heavy (non-hydrogen) atoms. The molecule has 1 fully saturated rings. The van der Waals surface area contributed by atoms with Crippen molar-refractivity contribution in [1.29, 1.82) is 0 Å². The number of urea groups is 1. The normalized spacial score (nSPS) is 15.5. The summed E-state index contributed by atoms with van der Waals surface area (Å²) in [6.07, 6.45) is -3.08. The summed E-state index contributed by atoms with van der Waals surface area (Å²) in [5, 5.41) is 7.72. The number of carbonyl (C=O) groups excluding carboxylic acids is 3. The second-order valence-corrected chi connectivity index (χ2v) is 8.35. The average Bonchev–Trinajstić information content (AvgIpc) is 2.64. The van der Waals surface area contributed by atoms with Crippen LogP contribution in [0.25, 0.3) is 0 Å². The first-order valence-electron chi connectivity index (χ1n) is 9.69. The number of likely N-dealkylation sites (tertiary alicyclic amines) is 1. The van der Waals surface area contributed by atoms with Crippen molar-refractivity contribution in [3.05, 3.63) is 29.8 Å². The van der Waals surface area contributed by atoms with Gasteiger partial charge in [-0.2, -0.15) is 13.2 Å². The number of hydrogen-bond donors (Lipinski definition) is 3. The highest BCUT2D eigenvalue weighted by Gasteiger charge is 2.30. The van der Waals surface area contributed by atoms with Crippen LogP contribution >= 0.6 is 0 Å². The molecular formula is C20H27F3N4O3. The fourth-order valence-electron chi connectivity index (χ4n) is 2.99. The lowest BCUT2D eigenvalue weighted by atomic mass is 9.97.